The number of amides is 2. The van der Waals surface area contributed by atoms with Crippen LogP contribution in [0.25, 0.3) is 11.0 Å². The molecule has 1 fully saturated rings. The molecule has 1 aliphatic rings. The SMILES string of the molecule is O=C(NCc1cc2ccccc2o1)NC1CCCCC1. The van der Waals surface area contributed by atoms with Gasteiger partial charge in [0.2, 0.25) is 0 Å². The van der Waals surface area contributed by atoms with Gasteiger partial charge in [0.15, 0.2) is 0 Å². The quantitative estimate of drug-likeness (QED) is 0.897. The lowest BCUT2D eigenvalue weighted by Gasteiger charge is -2.22. The van der Waals surface area contributed by atoms with Crippen molar-refractivity contribution in [3.8, 4) is 0 Å². The summed E-state index contributed by atoms with van der Waals surface area (Å²) in [7, 11) is 0. The van der Waals surface area contributed by atoms with Crippen molar-refractivity contribution in [3.63, 3.8) is 0 Å². The minimum Gasteiger partial charge on any atom is -0.459 e. The van der Waals surface area contributed by atoms with Crippen LogP contribution in [0.4, 0.5) is 4.79 Å². The van der Waals surface area contributed by atoms with Gasteiger partial charge in [0.05, 0.1) is 6.54 Å². The Morgan fingerprint density at radius 2 is 2.00 bits per heavy atom. The van der Waals surface area contributed by atoms with Crippen molar-refractivity contribution in [3.05, 3.63) is 36.1 Å². The van der Waals surface area contributed by atoms with E-state index in [-0.39, 0.29) is 6.03 Å². The fourth-order valence-corrected chi connectivity index (χ4v) is 2.77. The largest absolute Gasteiger partial charge is 0.459 e. The van der Waals surface area contributed by atoms with E-state index in [9.17, 15) is 4.79 Å². The number of fused-ring (bicyclic) bond motifs is 1. The zero-order chi connectivity index (χ0) is 13.8. The zero-order valence-electron chi connectivity index (χ0n) is 11.5. The van der Waals surface area contributed by atoms with E-state index < -0.39 is 0 Å². The molecule has 2 aromatic rings. The molecule has 1 saturated carbocycles. The van der Waals surface area contributed by atoms with Crippen LogP contribution >= 0.6 is 0 Å². The summed E-state index contributed by atoms with van der Waals surface area (Å²) in [6.07, 6.45) is 5.91. The average molecular weight is 272 g/mol. The van der Waals surface area contributed by atoms with Crippen LogP contribution < -0.4 is 10.6 Å². The summed E-state index contributed by atoms with van der Waals surface area (Å²) in [5, 5.41) is 6.96. The Hall–Kier alpha value is -1.97. The Balaban J connectivity index is 1.51. The van der Waals surface area contributed by atoms with Crippen LogP contribution in [0.5, 0.6) is 0 Å². The number of hydrogen-bond donors (Lipinski definition) is 2. The van der Waals surface area contributed by atoms with Crippen LogP contribution in [-0.2, 0) is 6.54 Å². The highest BCUT2D eigenvalue weighted by Gasteiger charge is 2.15. The van der Waals surface area contributed by atoms with Gasteiger partial charge in [-0.2, -0.15) is 0 Å². The molecule has 20 heavy (non-hydrogen) atoms. The Kier molecular flexibility index (Phi) is 3.90. The van der Waals surface area contributed by atoms with E-state index in [1.54, 1.807) is 0 Å². The first-order valence-electron chi connectivity index (χ1n) is 7.33. The van der Waals surface area contributed by atoms with E-state index in [0.717, 1.165) is 29.6 Å². The van der Waals surface area contributed by atoms with Crippen LogP contribution in [0.1, 0.15) is 37.9 Å². The lowest BCUT2D eigenvalue weighted by molar-refractivity contribution is 0.231. The van der Waals surface area contributed by atoms with Gasteiger partial charge in [-0.15, -0.1) is 0 Å². The van der Waals surface area contributed by atoms with Gasteiger partial charge in [0.25, 0.3) is 0 Å². The topological polar surface area (TPSA) is 54.3 Å². The molecule has 0 aliphatic heterocycles. The standard InChI is InChI=1S/C16H20N2O2/c19-16(18-13-7-2-1-3-8-13)17-11-14-10-12-6-4-5-9-15(12)20-14/h4-6,9-10,13H,1-3,7-8,11H2,(H2,17,18,19). The van der Waals surface area contributed by atoms with Gasteiger partial charge in [0, 0.05) is 11.4 Å². The number of nitrogens with one attached hydrogen (secondary N) is 2. The molecule has 0 unspecified atom stereocenters. The molecule has 3 rings (SSSR count). The molecule has 0 atom stereocenters. The van der Waals surface area contributed by atoms with E-state index in [0.29, 0.717) is 12.6 Å². The number of carbonyl (C=O) groups is 1. The molecule has 106 valence electrons. The van der Waals surface area contributed by atoms with Crippen LogP contribution in [0.15, 0.2) is 34.7 Å². The van der Waals surface area contributed by atoms with E-state index >= 15 is 0 Å². The summed E-state index contributed by atoms with van der Waals surface area (Å²) in [4.78, 5) is 11.8. The monoisotopic (exact) mass is 272 g/mol. The van der Waals surface area contributed by atoms with Gasteiger partial charge in [-0.05, 0) is 25.0 Å². The predicted octanol–water partition coefficient (Wildman–Crippen LogP) is 3.56. The Bertz CT molecular complexity index is 552. The highest BCUT2D eigenvalue weighted by molar-refractivity contribution is 5.78. The molecule has 4 nitrogen and oxygen atoms in total. The van der Waals surface area contributed by atoms with Crippen molar-refractivity contribution in [1.29, 1.82) is 0 Å². The Morgan fingerprint density at radius 1 is 1.20 bits per heavy atom. The molecular formula is C16H20N2O2. The molecule has 2 N–H and O–H groups in total. The molecular weight excluding hydrogens is 252 g/mol. The third-order valence-electron chi connectivity index (χ3n) is 3.84. The summed E-state index contributed by atoms with van der Waals surface area (Å²) < 4.78 is 5.67. The summed E-state index contributed by atoms with van der Waals surface area (Å²) in [6, 6.07) is 10.1. The van der Waals surface area contributed by atoms with Crippen LogP contribution in [0.2, 0.25) is 0 Å². The molecule has 0 radical (unpaired) electrons. The highest BCUT2D eigenvalue weighted by Crippen LogP contribution is 2.19. The second-order valence-corrected chi connectivity index (χ2v) is 5.41. The third-order valence-corrected chi connectivity index (χ3v) is 3.84. The molecule has 1 aliphatic carbocycles. The first kappa shape index (κ1) is 13.0. The van der Waals surface area contributed by atoms with Crippen molar-refractivity contribution in [2.75, 3.05) is 0 Å². The van der Waals surface area contributed by atoms with Crippen molar-refractivity contribution >= 4 is 17.0 Å². The smallest absolute Gasteiger partial charge is 0.315 e. The zero-order valence-corrected chi connectivity index (χ0v) is 11.5. The van der Waals surface area contributed by atoms with Crippen molar-refractivity contribution in [2.24, 2.45) is 0 Å². The van der Waals surface area contributed by atoms with E-state index in [1.807, 2.05) is 30.3 Å². The number of carbonyl (C=O) groups excluding carboxylic acids is 1. The summed E-state index contributed by atoms with van der Waals surface area (Å²) in [6.45, 7) is 0.424. The number of para-hydroxylation sites is 1. The summed E-state index contributed by atoms with van der Waals surface area (Å²) >= 11 is 0. The summed E-state index contributed by atoms with van der Waals surface area (Å²) in [5.41, 5.74) is 0.858. The van der Waals surface area contributed by atoms with Gasteiger partial charge in [-0.3, -0.25) is 0 Å². The summed E-state index contributed by atoms with van der Waals surface area (Å²) in [5.74, 6) is 0.782. The molecule has 1 aromatic heterocycles. The van der Waals surface area contributed by atoms with Gasteiger partial charge in [0.1, 0.15) is 11.3 Å². The average Bonchev–Trinajstić information content (AvgIpc) is 2.89. The molecule has 0 bridgehead atoms. The number of furan rings is 1. The third kappa shape index (κ3) is 3.13. The number of urea groups is 1. The number of hydrogen-bond acceptors (Lipinski definition) is 2. The Morgan fingerprint density at radius 3 is 2.80 bits per heavy atom. The van der Waals surface area contributed by atoms with E-state index in [1.165, 1.54) is 19.3 Å². The van der Waals surface area contributed by atoms with Crippen molar-refractivity contribution in [1.82, 2.24) is 10.6 Å². The van der Waals surface area contributed by atoms with Gasteiger partial charge in [-0.25, -0.2) is 4.79 Å². The normalized spacial score (nSPS) is 16.2. The van der Waals surface area contributed by atoms with Crippen LogP contribution in [0.3, 0.4) is 0 Å². The van der Waals surface area contributed by atoms with Gasteiger partial charge in [-0.1, -0.05) is 37.5 Å². The number of rotatable bonds is 3. The minimum atomic E-state index is -0.0997. The molecule has 4 heteroatoms. The Labute approximate surface area is 118 Å². The minimum absolute atomic E-state index is 0.0997. The maximum absolute atomic E-state index is 11.8. The fraction of sp³-hybridized carbons (Fsp3) is 0.438. The van der Waals surface area contributed by atoms with Crippen LogP contribution in [0, 0.1) is 0 Å². The fourth-order valence-electron chi connectivity index (χ4n) is 2.77. The number of benzene rings is 1. The first-order chi connectivity index (χ1) is 9.81. The van der Waals surface area contributed by atoms with Crippen molar-refractivity contribution < 1.29 is 9.21 Å². The lowest BCUT2D eigenvalue weighted by Crippen LogP contribution is -2.42. The lowest BCUT2D eigenvalue weighted by atomic mass is 9.96. The maximum atomic E-state index is 11.8. The molecule has 0 spiro atoms. The van der Waals surface area contributed by atoms with Crippen LogP contribution in [-0.4, -0.2) is 12.1 Å². The second kappa shape index (κ2) is 5.99. The maximum Gasteiger partial charge on any atom is 0.315 e. The second-order valence-electron chi connectivity index (χ2n) is 5.41. The highest BCUT2D eigenvalue weighted by atomic mass is 16.3. The van der Waals surface area contributed by atoms with Crippen molar-refractivity contribution in [2.45, 2.75) is 44.7 Å². The molecule has 1 aromatic carbocycles. The molecule has 0 saturated heterocycles. The van der Waals surface area contributed by atoms with E-state index in [2.05, 4.69) is 10.6 Å². The van der Waals surface area contributed by atoms with Gasteiger partial charge >= 0.3 is 6.03 Å². The predicted molar refractivity (Wildman–Crippen MR) is 78.5 cm³/mol. The molecule has 2 amide bonds. The van der Waals surface area contributed by atoms with Gasteiger partial charge < -0.3 is 15.1 Å². The molecule has 1 heterocycles. The van der Waals surface area contributed by atoms with E-state index in [4.69, 9.17) is 4.42 Å². The first-order valence-corrected chi connectivity index (χ1v) is 7.33.